The summed E-state index contributed by atoms with van der Waals surface area (Å²) in [6, 6.07) is 12.5. The molecule has 1 atom stereocenters. The molecule has 3 amide bonds. The molecule has 1 aliphatic heterocycles. The smallest absolute Gasteiger partial charge is 0.270 e. The largest absolute Gasteiger partial charge is 0.463 e. The molecule has 3 aromatic rings. The van der Waals surface area contributed by atoms with Crippen LogP contribution in [0, 0.1) is 11.8 Å². The highest BCUT2D eigenvalue weighted by Gasteiger charge is 2.36. The minimum Gasteiger partial charge on any atom is -0.463 e. The number of hydrazine groups is 1. The molecule has 0 spiro atoms. The van der Waals surface area contributed by atoms with Crippen molar-refractivity contribution in [3.05, 3.63) is 54.3 Å². The number of carbonyl (C=O) groups is 3. The van der Waals surface area contributed by atoms with Gasteiger partial charge in [0.2, 0.25) is 11.8 Å². The average molecular weight is 432 g/mol. The lowest BCUT2D eigenvalue weighted by Gasteiger charge is -2.32. The number of piperidine rings is 1. The minimum absolute atomic E-state index is 0.139. The van der Waals surface area contributed by atoms with Crippen LogP contribution in [-0.2, 0) is 9.59 Å². The molecule has 32 heavy (non-hydrogen) atoms. The maximum atomic E-state index is 13.0. The number of carbonyl (C=O) groups excluding carboxylic acids is 3. The molecule has 1 aliphatic carbocycles. The molecule has 2 aliphatic rings. The van der Waals surface area contributed by atoms with Crippen LogP contribution in [0.25, 0.3) is 22.4 Å². The zero-order chi connectivity index (χ0) is 22.1. The number of aromatic nitrogens is 1. The molecule has 2 aromatic heterocycles. The Kier molecular flexibility index (Phi) is 5.34. The van der Waals surface area contributed by atoms with Gasteiger partial charge in [-0.2, -0.15) is 0 Å². The summed E-state index contributed by atoms with van der Waals surface area (Å²) >= 11 is 0. The van der Waals surface area contributed by atoms with E-state index in [-0.39, 0.29) is 23.7 Å². The van der Waals surface area contributed by atoms with Gasteiger partial charge in [-0.15, -0.1) is 0 Å². The Hall–Kier alpha value is -3.68. The van der Waals surface area contributed by atoms with E-state index in [0.29, 0.717) is 47.4 Å². The van der Waals surface area contributed by atoms with E-state index in [9.17, 15) is 14.4 Å². The van der Waals surface area contributed by atoms with Crippen LogP contribution in [0.2, 0.25) is 0 Å². The fourth-order valence-corrected chi connectivity index (χ4v) is 4.18. The first-order valence-corrected chi connectivity index (χ1v) is 10.9. The van der Waals surface area contributed by atoms with Crippen molar-refractivity contribution in [2.24, 2.45) is 11.8 Å². The van der Waals surface area contributed by atoms with E-state index in [1.165, 1.54) is 0 Å². The summed E-state index contributed by atoms with van der Waals surface area (Å²) in [6.07, 6.45) is 4.92. The van der Waals surface area contributed by atoms with E-state index in [1.54, 1.807) is 29.4 Å². The third-order valence-electron chi connectivity index (χ3n) is 6.06. The number of fused-ring (bicyclic) bond motifs is 1. The number of nitrogens with zero attached hydrogens (tertiary/aromatic N) is 2. The van der Waals surface area contributed by atoms with Crippen LogP contribution < -0.4 is 10.9 Å². The zero-order valence-electron chi connectivity index (χ0n) is 17.5. The fraction of sp³-hybridized carbons (Fsp3) is 0.333. The Morgan fingerprint density at radius 1 is 1.00 bits per heavy atom. The summed E-state index contributed by atoms with van der Waals surface area (Å²) in [7, 11) is 0. The van der Waals surface area contributed by atoms with E-state index >= 15 is 0 Å². The molecule has 164 valence electrons. The Labute approximate surface area is 185 Å². The van der Waals surface area contributed by atoms with Crippen LogP contribution >= 0.6 is 0 Å². The van der Waals surface area contributed by atoms with Gasteiger partial charge in [0.1, 0.15) is 5.69 Å². The fourth-order valence-electron chi connectivity index (χ4n) is 4.18. The van der Waals surface area contributed by atoms with E-state index < -0.39 is 5.91 Å². The number of benzene rings is 1. The third kappa shape index (κ3) is 4.08. The molecular weight excluding hydrogens is 408 g/mol. The third-order valence-corrected chi connectivity index (χ3v) is 6.06. The predicted octanol–water partition coefficient (Wildman–Crippen LogP) is 2.90. The zero-order valence-corrected chi connectivity index (χ0v) is 17.5. The summed E-state index contributed by atoms with van der Waals surface area (Å²) < 4.78 is 5.44. The Morgan fingerprint density at radius 2 is 1.84 bits per heavy atom. The van der Waals surface area contributed by atoms with Crippen molar-refractivity contribution in [2.45, 2.75) is 25.7 Å². The molecule has 2 N–H and O–H groups in total. The normalized spacial score (nSPS) is 18.4. The maximum Gasteiger partial charge on any atom is 0.270 e. The lowest BCUT2D eigenvalue weighted by atomic mass is 9.97. The molecule has 0 bridgehead atoms. The second-order valence-corrected chi connectivity index (χ2v) is 8.39. The highest BCUT2D eigenvalue weighted by molar-refractivity contribution is 6.07. The molecule has 5 rings (SSSR count). The topological polar surface area (TPSA) is 105 Å². The van der Waals surface area contributed by atoms with E-state index in [2.05, 4.69) is 15.8 Å². The second kappa shape index (κ2) is 8.45. The molecule has 1 aromatic carbocycles. The van der Waals surface area contributed by atoms with Crippen LogP contribution in [0.3, 0.4) is 0 Å². The number of furan rings is 1. The van der Waals surface area contributed by atoms with E-state index in [4.69, 9.17) is 4.42 Å². The van der Waals surface area contributed by atoms with Crippen molar-refractivity contribution in [1.29, 1.82) is 0 Å². The van der Waals surface area contributed by atoms with Crippen LogP contribution in [0.4, 0.5) is 0 Å². The van der Waals surface area contributed by atoms with Gasteiger partial charge in [-0.05, 0) is 49.9 Å². The lowest BCUT2D eigenvalue weighted by molar-refractivity contribution is -0.137. The summed E-state index contributed by atoms with van der Waals surface area (Å²) in [6.45, 7) is 1.10. The number of amides is 3. The van der Waals surface area contributed by atoms with E-state index in [0.717, 1.165) is 19.3 Å². The average Bonchev–Trinajstić information content (AvgIpc) is 3.54. The minimum atomic E-state index is -0.438. The number of nitrogens with one attached hydrogen (secondary N) is 2. The lowest BCUT2D eigenvalue weighted by Crippen LogP contribution is -2.50. The number of pyridine rings is 1. The van der Waals surface area contributed by atoms with Gasteiger partial charge in [-0.25, -0.2) is 4.98 Å². The molecular formula is C24H24N4O4. The quantitative estimate of drug-likeness (QED) is 0.617. The maximum absolute atomic E-state index is 13.0. The molecule has 3 heterocycles. The SMILES string of the molecule is O=C(NNC(=O)C1CCCN(C(=O)C2CC2)C1)c1cc(-c2ccco2)nc2ccccc12. The van der Waals surface area contributed by atoms with Crippen molar-refractivity contribution in [3.8, 4) is 11.5 Å². The monoisotopic (exact) mass is 432 g/mol. The van der Waals surface area contributed by atoms with Gasteiger partial charge < -0.3 is 9.32 Å². The van der Waals surface area contributed by atoms with E-state index in [1.807, 2.05) is 24.3 Å². The highest BCUT2D eigenvalue weighted by atomic mass is 16.3. The number of hydrogen-bond acceptors (Lipinski definition) is 5. The highest BCUT2D eigenvalue weighted by Crippen LogP contribution is 2.32. The predicted molar refractivity (Wildman–Crippen MR) is 117 cm³/mol. The summed E-state index contributed by atoms with van der Waals surface area (Å²) in [5.74, 6) is -0.209. The number of hydrogen-bond donors (Lipinski definition) is 2. The van der Waals surface area contributed by atoms with Gasteiger partial charge in [-0.1, -0.05) is 18.2 Å². The molecule has 1 saturated heterocycles. The first-order valence-electron chi connectivity index (χ1n) is 10.9. The Morgan fingerprint density at radius 3 is 2.62 bits per heavy atom. The Bertz CT molecular complexity index is 1170. The van der Waals surface area contributed by atoms with Gasteiger partial charge >= 0.3 is 0 Å². The molecule has 8 nitrogen and oxygen atoms in total. The van der Waals surface area contributed by atoms with Crippen LogP contribution in [0.5, 0.6) is 0 Å². The van der Waals surface area contributed by atoms with Crippen molar-refractivity contribution in [3.63, 3.8) is 0 Å². The Balaban J connectivity index is 1.29. The summed E-state index contributed by atoms with van der Waals surface area (Å²) in [5, 5.41) is 0.674. The molecule has 1 saturated carbocycles. The van der Waals surface area contributed by atoms with Crippen LogP contribution in [-0.4, -0.2) is 40.7 Å². The molecule has 8 heteroatoms. The standard InChI is InChI=1S/C24H24N4O4/c29-22(16-5-3-11-28(14-16)24(31)15-9-10-15)26-27-23(30)18-13-20(21-8-4-12-32-21)25-19-7-2-1-6-17(18)19/h1-2,4,6-8,12-13,15-16H,3,5,9-11,14H2,(H,26,29)(H,27,30). The first-order chi connectivity index (χ1) is 15.6. The van der Waals surface area contributed by atoms with Gasteiger partial charge in [0.05, 0.1) is 23.3 Å². The van der Waals surface area contributed by atoms with Crippen molar-refractivity contribution >= 4 is 28.6 Å². The van der Waals surface area contributed by atoms with Gasteiger partial charge in [0.25, 0.3) is 5.91 Å². The van der Waals surface area contributed by atoms with Crippen LogP contribution in [0.1, 0.15) is 36.0 Å². The summed E-state index contributed by atoms with van der Waals surface area (Å²) in [4.78, 5) is 44.4. The number of likely N-dealkylation sites (tertiary alicyclic amines) is 1. The number of rotatable bonds is 4. The van der Waals surface area contributed by atoms with Crippen LogP contribution in [0.15, 0.2) is 53.1 Å². The van der Waals surface area contributed by atoms with Gasteiger partial charge in [0, 0.05) is 24.4 Å². The van der Waals surface area contributed by atoms with Gasteiger partial charge in [-0.3, -0.25) is 25.2 Å². The number of para-hydroxylation sites is 1. The van der Waals surface area contributed by atoms with Crippen molar-refractivity contribution < 1.29 is 18.8 Å². The second-order valence-electron chi connectivity index (χ2n) is 8.39. The molecule has 2 fully saturated rings. The van der Waals surface area contributed by atoms with Crippen molar-refractivity contribution in [2.75, 3.05) is 13.1 Å². The molecule has 1 unspecified atom stereocenters. The van der Waals surface area contributed by atoms with Crippen molar-refractivity contribution in [1.82, 2.24) is 20.7 Å². The van der Waals surface area contributed by atoms with Gasteiger partial charge in [0.15, 0.2) is 5.76 Å². The molecule has 0 radical (unpaired) electrons. The first kappa shape index (κ1) is 20.2. The summed E-state index contributed by atoms with van der Waals surface area (Å²) in [5.41, 5.74) is 6.66.